The summed E-state index contributed by atoms with van der Waals surface area (Å²) in [4.78, 5) is 0. The van der Waals surface area contributed by atoms with Crippen LogP contribution in [0.3, 0.4) is 0 Å². The fraction of sp³-hybridized carbons (Fsp3) is 0.500. The molecule has 0 unspecified atom stereocenters. The highest BCUT2D eigenvalue weighted by atomic mass is 16.5. The number of rotatable bonds is 6. The molecule has 0 radical (unpaired) electrons. The molecule has 0 aliphatic carbocycles. The van der Waals surface area contributed by atoms with Gasteiger partial charge in [0, 0.05) is 6.54 Å². The lowest BCUT2D eigenvalue weighted by molar-refractivity contribution is 0.409. The van der Waals surface area contributed by atoms with Gasteiger partial charge in [0.1, 0.15) is 5.75 Å². The zero-order chi connectivity index (χ0) is 12.7. The van der Waals surface area contributed by atoms with Gasteiger partial charge in [-0.15, -0.1) is 0 Å². The third kappa shape index (κ3) is 4.08. The first-order valence-corrected chi connectivity index (χ1v) is 5.93. The molecule has 0 saturated carbocycles. The summed E-state index contributed by atoms with van der Waals surface area (Å²) in [6, 6.07) is 8.39. The molecule has 92 valence electrons. The molecule has 1 N–H and O–H groups in total. The summed E-state index contributed by atoms with van der Waals surface area (Å²) < 4.78 is 5.34. The van der Waals surface area contributed by atoms with Crippen LogP contribution in [0.4, 0.5) is 0 Å². The Morgan fingerprint density at radius 2 is 2.18 bits per heavy atom. The third-order valence-electron chi connectivity index (χ3n) is 2.75. The topological polar surface area (TPSA) is 45.0 Å². The zero-order valence-corrected chi connectivity index (χ0v) is 10.8. The molecule has 0 atom stereocenters. The highest BCUT2D eigenvalue weighted by molar-refractivity contribution is 5.38. The van der Waals surface area contributed by atoms with E-state index in [2.05, 4.69) is 37.4 Å². The second-order valence-electron chi connectivity index (χ2n) is 4.31. The molecule has 0 saturated heterocycles. The van der Waals surface area contributed by atoms with Crippen molar-refractivity contribution in [1.82, 2.24) is 5.32 Å². The van der Waals surface area contributed by atoms with Gasteiger partial charge < -0.3 is 10.1 Å². The Balaban J connectivity index is 2.73. The van der Waals surface area contributed by atoms with Crippen molar-refractivity contribution in [3.05, 3.63) is 29.3 Å². The van der Waals surface area contributed by atoms with E-state index in [-0.39, 0.29) is 0 Å². The third-order valence-corrected chi connectivity index (χ3v) is 2.75. The Morgan fingerprint density at radius 1 is 1.41 bits per heavy atom. The van der Waals surface area contributed by atoms with Crippen LogP contribution in [0.2, 0.25) is 0 Å². The Labute approximate surface area is 103 Å². The van der Waals surface area contributed by atoms with Crippen LogP contribution in [0.15, 0.2) is 18.2 Å². The monoisotopic (exact) mass is 232 g/mol. The fourth-order valence-corrected chi connectivity index (χ4v) is 1.72. The first kappa shape index (κ1) is 13.5. The van der Waals surface area contributed by atoms with Gasteiger partial charge in [-0.1, -0.05) is 26.0 Å². The summed E-state index contributed by atoms with van der Waals surface area (Å²) >= 11 is 0. The molecule has 0 aliphatic heterocycles. The van der Waals surface area contributed by atoms with E-state index >= 15 is 0 Å². The van der Waals surface area contributed by atoms with Crippen molar-refractivity contribution in [2.45, 2.75) is 26.2 Å². The predicted molar refractivity (Wildman–Crippen MR) is 69.3 cm³/mol. The van der Waals surface area contributed by atoms with Gasteiger partial charge >= 0.3 is 0 Å². The highest BCUT2D eigenvalue weighted by Crippen LogP contribution is 2.24. The number of benzene rings is 1. The van der Waals surface area contributed by atoms with E-state index in [0.717, 1.165) is 18.7 Å². The number of nitrogens with one attached hydrogen (secondary N) is 1. The van der Waals surface area contributed by atoms with Gasteiger partial charge in [-0.25, -0.2) is 0 Å². The second-order valence-corrected chi connectivity index (χ2v) is 4.31. The van der Waals surface area contributed by atoms with Crippen LogP contribution in [0.1, 0.15) is 30.9 Å². The molecule has 0 amide bonds. The summed E-state index contributed by atoms with van der Waals surface area (Å²) in [6.45, 7) is 5.55. The number of ether oxygens (including phenoxy) is 1. The van der Waals surface area contributed by atoms with Crippen molar-refractivity contribution >= 4 is 0 Å². The molecule has 0 aliphatic rings. The van der Waals surface area contributed by atoms with Gasteiger partial charge in [0.15, 0.2) is 0 Å². The first-order chi connectivity index (χ1) is 8.19. The smallest absolute Gasteiger partial charge is 0.122 e. The molecule has 0 aromatic heterocycles. The average Bonchev–Trinajstić information content (AvgIpc) is 2.34. The first-order valence-electron chi connectivity index (χ1n) is 5.93. The van der Waals surface area contributed by atoms with Crippen LogP contribution in [0.25, 0.3) is 0 Å². The second kappa shape index (κ2) is 6.93. The van der Waals surface area contributed by atoms with Gasteiger partial charge in [-0.2, -0.15) is 5.26 Å². The number of hydrogen-bond donors (Lipinski definition) is 1. The zero-order valence-electron chi connectivity index (χ0n) is 10.8. The van der Waals surface area contributed by atoms with E-state index in [1.54, 1.807) is 7.11 Å². The van der Waals surface area contributed by atoms with E-state index in [0.29, 0.717) is 12.5 Å². The summed E-state index contributed by atoms with van der Waals surface area (Å²) in [7, 11) is 1.69. The lowest BCUT2D eigenvalue weighted by Crippen LogP contribution is -2.17. The van der Waals surface area contributed by atoms with Crippen molar-refractivity contribution in [3.8, 4) is 11.8 Å². The van der Waals surface area contributed by atoms with Crippen LogP contribution in [-0.4, -0.2) is 20.2 Å². The van der Waals surface area contributed by atoms with Gasteiger partial charge in [-0.3, -0.25) is 0 Å². The van der Waals surface area contributed by atoms with Crippen molar-refractivity contribution < 1.29 is 4.74 Å². The molecule has 3 heteroatoms. The largest absolute Gasteiger partial charge is 0.496 e. The maximum absolute atomic E-state index is 8.44. The maximum Gasteiger partial charge on any atom is 0.122 e. The molecule has 0 bridgehead atoms. The minimum atomic E-state index is 0.395. The quantitative estimate of drug-likeness (QED) is 0.605. The van der Waals surface area contributed by atoms with Crippen molar-refractivity contribution in [3.63, 3.8) is 0 Å². The van der Waals surface area contributed by atoms with Crippen LogP contribution < -0.4 is 10.1 Å². The molecule has 0 fully saturated rings. The summed E-state index contributed by atoms with van der Waals surface area (Å²) in [5, 5.41) is 11.5. The summed E-state index contributed by atoms with van der Waals surface area (Å²) in [5.74, 6) is 1.44. The number of hydrogen-bond acceptors (Lipinski definition) is 3. The molecule has 1 aromatic rings. The van der Waals surface area contributed by atoms with Crippen molar-refractivity contribution in [2.24, 2.45) is 0 Å². The van der Waals surface area contributed by atoms with E-state index in [1.165, 1.54) is 11.1 Å². The number of methoxy groups -OCH3 is 1. The Morgan fingerprint density at radius 3 is 2.76 bits per heavy atom. The highest BCUT2D eigenvalue weighted by Gasteiger charge is 2.06. The van der Waals surface area contributed by atoms with Crippen LogP contribution in [0.5, 0.6) is 5.75 Å². The lowest BCUT2D eigenvalue weighted by Gasteiger charge is -2.12. The molecule has 1 aromatic carbocycles. The van der Waals surface area contributed by atoms with Crippen LogP contribution in [-0.2, 0) is 6.42 Å². The minimum Gasteiger partial charge on any atom is -0.496 e. The molecule has 3 nitrogen and oxygen atoms in total. The standard InChI is InChI=1S/C14H20N2O/c1-11(2)12-4-5-14(17-3)13(10-12)6-8-16-9-7-15/h4-5,10-11,16H,6,8-9H2,1-3H3. The normalized spacial score (nSPS) is 10.3. The van der Waals surface area contributed by atoms with E-state index in [1.807, 2.05) is 6.07 Å². The predicted octanol–water partition coefficient (Wildman–Crippen LogP) is 2.47. The van der Waals surface area contributed by atoms with Gasteiger partial charge in [0.25, 0.3) is 0 Å². The Bertz CT molecular complexity index is 394. The molecule has 1 rings (SSSR count). The molecular formula is C14H20N2O. The van der Waals surface area contributed by atoms with Crippen molar-refractivity contribution in [2.75, 3.05) is 20.2 Å². The van der Waals surface area contributed by atoms with Gasteiger partial charge in [0.05, 0.1) is 19.7 Å². The maximum atomic E-state index is 8.44. The SMILES string of the molecule is COc1ccc(C(C)C)cc1CCNCC#N. The Kier molecular flexibility index (Phi) is 5.51. The molecule has 17 heavy (non-hydrogen) atoms. The fourth-order valence-electron chi connectivity index (χ4n) is 1.72. The van der Waals surface area contributed by atoms with Gasteiger partial charge in [0.2, 0.25) is 0 Å². The van der Waals surface area contributed by atoms with Crippen molar-refractivity contribution in [1.29, 1.82) is 5.26 Å². The molecule has 0 spiro atoms. The van der Waals surface area contributed by atoms with E-state index in [4.69, 9.17) is 10.00 Å². The molecular weight excluding hydrogens is 212 g/mol. The number of nitrogens with zero attached hydrogens (tertiary/aromatic N) is 1. The van der Waals surface area contributed by atoms with Crippen LogP contribution in [0, 0.1) is 11.3 Å². The lowest BCUT2D eigenvalue weighted by atomic mass is 9.99. The van der Waals surface area contributed by atoms with E-state index < -0.39 is 0 Å². The Hall–Kier alpha value is -1.53. The number of nitriles is 1. The summed E-state index contributed by atoms with van der Waals surface area (Å²) in [6.07, 6.45) is 0.880. The van der Waals surface area contributed by atoms with Crippen LogP contribution >= 0.6 is 0 Å². The van der Waals surface area contributed by atoms with Gasteiger partial charge in [-0.05, 0) is 29.5 Å². The minimum absolute atomic E-state index is 0.395. The summed E-state index contributed by atoms with van der Waals surface area (Å²) in [5.41, 5.74) is 2.52. The molecule has 0 heterocycles. The average molecular weight is 232 g/mol. The van der Waals surface area contributed by atoms with E-state index in [9.17, 15) is 0 Å².